The summed E-state index contributed by atoms with van der Waals surface area (Å²) < 4.78 is 1.08. The molecule has 0 aromatic heterocycles. The van der Waals surface area contributed by atoms with Gasteiger partial charge in [-0.25, -0.2) is 0 Å². The second-order valence-electron chi connectivity index (χ2n) is 1.27. The molecule has 0 aromatic carbocycles. The van der Waals surface area contributed by atoms with Crippen molar-refractivity contribution in [3.8, 4) is 0 Å². The van der Waals surface area contributed by atoms with Crippen molar-refractivity contribution < 1.29 is 0 Å². The zero-order valence-corrected chi connectivity index (χ0v) is 4.59. The van der Waals surface area contributed by atoms with Gasteiger partial charge in [0.05, 0.1) is 0 Å². The van der Waals surface area contributed by atoms with Gasteiger partial charge >= 0.3 is 34.1 Å². The van der Waals surface area contributed by atoms with Gasteiger partial charge in [0.15, 0.2) is 0 Å². The van der Waals surface area contributed by atoms with E-state index >= 15 is 0 Å². The van der Waals surface area contributed by atoms with Crippen LogP contribution in [0.4, 0.5) is 0 Å². The molecular weight excluding hydrogens is 109 g/mol. The molecule has 1 aliphatic carbocycles. The van der Waals surface area contributed by atoms with Crippen LogP contribution >= 0.6 is 0 Å². The maximum absolute atomic E-state index is 2.28. The van der Waals surface area contributed by atoms with Crippen LogP contribution < -0.4 is 0 Å². The summed E-state index contributed by atoms with van der Waals surface area (Å²) in [6.45, 7) is 0. The van der Waals surface area contributed by atoms with Crippen LogP contribution in [0.2, 0.25) is 4.75 Å². The Balaban J connectivity index is 2.17. The van der Waals surface area contributed by atoms with Crippen molar-refractivity contribution in [2.24, 2.45) is 0 Å². The molecule has 0 amide bonds. The van der Waals surface area contributed by atoms with Crippen molar-refractivity contribution in [1.82, 2.24) is 0 Å². The van der Waals surface area contributed by atoms with E-state index in [1.807, 2.05) is 0 Å². The molecule has 0 spiro atoms. The first-order valence-electron chi connectivity index (χ1n) is 1.61. The quantitative estimate of drug-likeness (QED) is 0.407. The zero-order valence-electron chi connectivity index (χ0n) is 2.49. The molecule has 21 valence electrons. The van der Waals surface area contributed by atoms with E-state index in [0.29, 0.717) is 0 Å². The summed E-state index contributed by atoms with van der Waals surface area (Å²) in [6.07, 6.45) is 2.97. The molecule has 0 nitrogen and oxygen atoms in total. The normalized spacial score (nSPS) is 26.2. The third kappa shape index (κ3) is 0.482. The molecule has 0 heterocycles. The minimum atomic E-state index is 1.08. The molecule has 4 heavy (non-hydrogen) atoms. The molecule has 1 heteroatoms. The number of hydrogen-bond donors (Lipinski definition) is 0. The van der Waals surface area contributed by atoms with Crippen molar-refractivity contribution in [3.63, 3.8) is 0 Å². The predicted octanol–water partition coefficient (Wildman–Crippen LogP) is 0.737. The van der Waals surface area contributed by atoms with Crippen molar-refractivity contribution in [3.05, 3.63) is 0 Å². The van der Waals surface area contributed by atoms with E-state index < -0.39 is 0 Å². The third-order valence-corrected chi connectivity index (χ3v) is 1.79. The molecule has 1 saturated carbocycles. The van der Waals surface area contributed by atoms with Crippen LogP contribution in [0.15, 0.2) is 0 Å². The topological polar surface area (TPSA) is 0 Å². The average molecular weight is 114 g/mol. The summed E-state index contributed by atoms with van der Waals surface area (Å²) in [4.78, 5) is 0. The molecule has 0 N–H and O–H groups in total. The first-order valence-corrected chi connectivity index (χ1v) is 2.82. The third-order valence-electron chi connectivity index (χ3n) is 0.577. The van der Waals surface area contributed by atoms with Gasteiger partial charge in [-0.15, -0.1) is 0 Å². The summed E-state index contributed by atoms with van der Waals surface area (Å²) in [5, 5.41) is 0. The Bertz CT molecular complexity index is 22.5. The van der Waals surface area contributed by atoms with Crippen molar-refractivity contribution in [2.75, 3.05) is 0 Å². The van der Waals surface area contributed by atoms with E-state index in [9.17, 15) is 0 Å². The fourth-order valence-corrected chi connectivity index (χ4v) is 0.433. The summed E-state index contributed by atoms with van der Waals surface area (Å²) in [6, 6.07) is 0. The van der Waals surface area contributed by atoms with Crippen LogP contribution in [-0.2, 0) is 0 Å². The first kappa shape index (κ1) is 2.76. The van der Waals surface area contributed by atoms with Crippen LogP contribution in [0.5, 0.6) is 0 Å². The van der Waals surface area contributed by atoms with E-state index in [0.717, 1.165) is 4.75 Å². The predicted molar refractivity (Wildman–Crippen MR) is 18.7 cm³/mol. The summed E-state index contributed by atoms with van der Waals surface area (Å²) >= 11 is 2.28. The van der Waals surface area contributed by atoms with Crippen molar-refractivity contribution in [1.29, 1.82) is 0 Å². The van der Waals surface area contributed by atoms with Gasteiger partial charge in [0.1, 0.15) is 0 Å². The summed E-state index contributed by atoms with van der Waals surface area (Å²) in [7, 11) is 0. The molecule has 1 rings (SSSR count). The maximum atomic E-state index is 2.28. The van der Waals surface area contributed by atoms with E-state index in [2.05, 4.69) is 16.5 Å². The van der Waals surface area contributed by atoms with E-state index in [-0.39, 0.29) is 0 Å². The van der Waals surface area contributed by atoms with Crippen LogP contribution in [-0.4, -0.2) is 16.5 Å². The van der Waals surface area contributed by atoms with E-state index in [1.165, 1.54) is 12.8 Å². The van der Waals surface area contributed by atoms with Gasteiger partial charge < -0.3 is 0 Å². The zero-order chi connectivity index (χ0) is 2.99. The number of hydrogen-bond acceptors (Lipinski definition) is 0. The molecule has 1 aliphatic rings. The molecule has 3 radical (unpaired) electrons. The second-order valence-corrected chi connectivity index (χ2v) is 2.99. The minimum absolute atomic E-state index is 1.08. The second kappa shape index (κ2) is 0.746. The Labute approximate surface area is 34.8 Å². The van der Waals surface area contributed by atoms with E-state index in [4.69, 9.17) is 0 Å². The fraction of sp³-hybridized carbons (Fsp3) is 1.00. The first-order chi connectivity index (χ1) is 1.89. The average Bonchev–Trinajstić information content (AvgIpc) is 1.75. The molecule has 0 unspecified atom stereocenters. The van der Waals surface area contributed by atoms with Crippen LogP contribution in [0, 0.1) is 0 Å². The Morgan fingerprint density at radius 2 is 1.75 bits per heavy atom. The number of rotatable bonds is 0. The standard InChI is InChI=1S/C3H5Ge/c4-3-1-2-3/h3H,1-2H2. The molecular formula is C3H5Ge. The summed E-state index contributed by atoms with van der Waals surface area (Å²) in [5.41, 5.74) is 0. The van der Waals surface area contributed by atoms with Gasteiger partial charge in [-0.2, -0.15) is 0 Å². The van der Waals surface area contributed by atoms with Gasteiger partial charge in [0, 0.05) is 0 Å². The monoisotopic (exact) mass is 115 g/mol. The molecule has 0 aliphatic heterocycles. The molecule has 0 atom stereocenters. The van der Waals surface area contributed by atoms with Gasteiger partial charge in [-0.1, -0.05) is 0 Å². The van der Waals surface area contributed by atoms with Gasteiger partial charge in [0.25, 0.3) is 0 Å². The Morgan fingerprint density at radius 1 is 1.50 bits per heavy atom. The molecule has 1 fully saturated rings. The molecule has 0 aromatic rings. The van der Waals surface area contributed by atoms with Crippen molar-refractivity contribution in [2.45, 2.75) is 17.6 Å². The fourth-order valence-electron chi connectivity index (χ4n) is 0.0833. The van der Waals surface area contributed by atoms with Crippen LogP contribution in [0.25, 0.3) is 0 Å². The summed E-state index contributed by atoms with van der Waals surface area (Å²) in [5.74, 6) is 0. The van der Waals surface area contributed by atoms with Crippen LogP contribution in [0.1, 0.15) is 12.8 Å². The van der Waals surface area contributed by atoms with Gasteiger partial charge in [0.2, 0.25) is 0 Å². The van der Waals surface area contributed by atoms with Crippen LogP contribution in [0.3, 0.4) is 0 Å². The Morgan fingerprint density at radius 3 is 1.75 bits per heavy atom. The Hall–Kier alpha value is 0.543. The van der Waals surface area contributed by atoms with Gasteiger partial charge in [-0.05, 0) is 0 Å². The van der Waals surface area contributed by atoms with Gasteiger partial charge in [-0.3, -0.25) is 0 Å². The SMILES string of the molecule is [Ge][CH]1CC1. The molecule has 0 saturated heterocycles. The molecule has 0 bridgehead atoms. The van der Waals surface area contributed by atoms with E-state index in [1.54, 1.807) is 0 Å². The Kier molecular flexibility index (Phi) is 0.515. The van der Waals surface area contributed by atoms with Crippen molar-refractivity contribution >= 4 is 16.5 Å².